The molecule has 0 spiro atoms. The third-order valence-electron chi connectivity index (χ3n) is 3.33. The van der Waals surface area contributed by atoms with E-state index in [2.05, 4.69) is 15.4 Å². The van der Waals surface area contributed by atoms with Gasteiger partial charge in [-0.3, -0.25) is 9.59 Å². The third kappa shape index (κ3) is 2.46. The lowest BCUT2D eigenvalue weighted by Crippen LogP contribution is -2.25. The highest BCUT2D eigenvalue weighted by atomic mass is 16.2. The van der Waals surface area contributed by atoms with Gasteiger partial charge in [-0.25, -0.2) is 9.67 Å². The number of carbonyl (C=O) groups is 1. The van der Waals surface area contributed by atoms with Gasteiger partial charge in [0.05, 0.1) is 5.39 Å². The van der Waals surface area contributed by atoms with Crippen molar-refractivity contribution in [1.82, 2.24) is 14.8 Å². The second kappa shape index (κ2) is 5.40. The quantitative estimate of drug-likeness (QED) is 0.783. The second-order valence-corrected chi connectivity index (χ2v) is 5.00. The van der Waals surface area contributed by atoms with Gasteiger partial charge in [0.15, 0.2) is 5.69 Å². The highest BCUT2D eigenvalue weighted by molar-refractivity contribution is 6.10. The van der Waals surface area contributed by atoms with Crippen molar-refractivity contribution >= 4 is 22.5 Å². The van der Waals surface area contributed by atoms with E-state index in [1.165, 1.54) is 11.7 Å². The van der Waals surface area contributed by atoms with Crippen LogP contribution < -0.4 is 10.9 Å². The fraction of sp³-hybridized carbons (Fsp3) is 0.125. The Morgan fingerprint density at radius 2 is 1.91 bits per heavy atom. The molecule has 0 fully saturated rings. The Hall–Kier alpha value is -3.02. The molecular formula is C16H14N4O2. The Kier molecular flexibility index (Phi) is 3.42. The molecule has 2 aromatic heterocycles. The number of hydrogen-bond acceptors (Lipinski definition) is 4. The number of carbonyl (C=O) groups excluding carboxylic acids is 1. The summed E-state index contributed by atoms with van der Waals surface area (Å²) in [6, 6.07) is 10.5. The number of aryl methyl sites for hydroxylation is 2. The van der Waals surface area contributed by atoms with Crippen LogP contribution in [0.1, 0.15) is 16.1 Å². The molecule has 6 nitrogen and oxygen atoms in total. The summed E-state index contributed by atoms with van der Waals surface area (Å²) in [6.45, 7) is 1.91. The van der Waals surface area contributed by atoms with Gasteiger partial charge in [0.2, 0.25) is 0 Å². The number of nitrogens with zero attached hydrogens (tertiary/aromatic N) is 3. The van der Waals surface area contributed by atoms with Crippen LogP contribution in [0.2, 0.25) is 0 Å². The van der Waals surface area contributed by atoms with Crippen molar-refractivity contribution in [3.63, 3.8) is 0 Å². The van der Waals surface area contributed by atoms with E-state index in [1.54, 1.807) is 36.5 Å². The standard InChI is InChI=1S/C16H14N4O2/c1-10-7-8-17-13(9-10)18-15(21)14-11-5-3-4-6-12(11)16(22)20(2)19-14/h3-9H,1-2H3,(H,17,18,21). The highest BCUT2D eigenvalue weighted by Crippen LogP contribution is 2.15. The SMILES string of the molecule is Cc1ccnc(NC(=O)c2nn(C)c(=O)c3ccccc23)c1. The van der Waals surface area contributed by atoms with Crippen molar-refractivity contribution in [1.29, 1.82) is 0 Å². The first-order chi connectivity index (χ1) is 10.6. The molecule has 0 saturated heterocycles. The maximum atomic E-state index is 12.5. The van der Waals surface area contributed by atoms with Gasteiger partial charge in [-0.2, -0.15) is 5.10 Å². The zero-order chi connectivity index (χ0) is 15.7. The molecule has 0 saturated carbocycles. The molecule has 6 heteroatoms. The third-order valence-corrected chi connectivity index (χ3v) is 3.33. The molecule has 0 aliphatic rings. The summed E-state index contributed by atoms with van der Waals surface area (Å²) in [7, 11) is 1.52. The zero-order valence-electron chi connectivity index (χ0n) is 12.2. The van der Waals surface area contributed by atoms with Gasteiger partial charge in [-0.05, 0) is 30.7 Å². The fourth-order valence-electron chi connectivity index (χ4n) is 2.25. The molecule has 2 heterocycles. The van der Waals surface area contributed by atoms with E-state index in [4.69, 9.17) is 0 Å². The molecule has 1 N–H and O–H groups in total. The molecule has 3 rings (SSSR count). The summed E-state index contributed by atoms with van der Waals surface area (Å²) in [4.78, 5) is 28.6. The topological polar surface area (TPSA) is 76.9 Å². The predicted octanol–water partition coefficient (Wildman–Crippen LogP) is 1.89. The fourth-order valence-corrected chi connectivity index (χ4v) is 2.25. The van der Waals surface area contributed by atoms with Crippen molar-refractivity contribution in [2.75, 3.05) is 5.32 Å². The first kappa shape index (κ1) is 13.9. The molecule has 0 aliphatic heterocycles. The molecule has 0 aliphatic carbocycles. The minimum Gasteiger partial charge on any atom is -0.305 e. The van der Waals surface area contributed by atoms with Gasteiger partial charge in [0.1, 0.15) is 5.82 Å². The predicted molar refractivity (Wildman–Crippen MR) is 83.9 cm³/mol. The van der Waals surface area contributed by atoms with Crippen molar-refractivity contribution in [3.8, 4) is 0 Å². The van der Waals surface area contributed by atoms with E-state index in [9.17, 15) is 9.59 Å². The van der Waals surface area contributed by atoms with Gasteiger partial charge in [0, 0.05) is 18.6 Å². The lowest BCUT2D eigenvalue weighted by atomic mass is 10.1. The number of rotatable bonds is 2. The summed E-state index contributed by atoms with van der Waals surface area (Å²) < 4.78 is 1.17. The Morgan fingerprint density at radius 3 is 2.64 bits per heavy atom. The second-order valence-electron chi connectivity index (χ2n) is 5.00. The minimum absolute atomic E-state index is 0.195. The van der Waals surface area contributed by atoms with Crippen LogP contribution in [0, 0.1) is 6.92 Å². The monoisotopic (exact) mass is 294 g/mol. The van der Waals surface area contributed by atoms with Gasteiger partial charge in [0.25, 0.3) is 11.5 Å². The average Bonchev–Trinajstić information content (AvgIpc) is 2.51. The number of fused-ring (bicyclic) bond motifs is 1. The molecule has 0 radical (unpaired) electrons. The molecule has 22 heavy (non-hydrogen) atoms. The van der Waals surface area contributed by atoms with E-state index >= 15 is 0 Å². The summed E-state index contributed by atoms with van der Waals surface area (Å²) in [5.41, 5.74) is 0.949. The van der Waals surface area contributed by atoms with E-state index in [-0.39, 0.29) is 11.3 Å². The molecule has 0 unspecified atom stereocenters. The maximum absolute atomic E-state index is 12.5. The van der Waals surface area contributed by atoms with Gasteiger partial charge in [-0.15, -0.1) is 0 Å². The zero-order valence-corrected chi connectivity index (χ0v) is 12.2. The van der Waals surface area contributed by atoms with Gasteiger partial charge in [-0.1, -0.05) is 18.2 Å². The summed E-state index contributed by atoms with van der Waals surface area (Å²) >= 11 is 0. The summed E-state index contributed by atoms with van der Waals surface area (Å²) in [5, 5.41) is 7.78. The summed E-state index contributed by atoms with van der Waals surface area (Å²) in [5.74, 6) is 0.0506. The molecular weight excluding hydrogens is 280 g/mol. The number of nitrogens with one attached hydrogen (secondary N) is 1. The largest absolute Gasteiger partial charge is 0.305 e. The Labute approximate surface area is 126 Å². The molecule has 0 bridgehead atoms. The average molecular weight is 294 g/mol. The number of hydrogen-bond donors (Lipinski definition) is 1. The Bertz CT molecular complexity index is 931. The lowest BCUT2D eigenvalue weighted by molar-refractivity contribution is 0.102. The highest BCUT2D eigenvalue weighted by Gasteiger charge is 2.16. The van der Waals surface area contributed by atoms with Crippen LogP contribution >= 0.6 is 0 Å². The van der Waals surface area contributed by atoms with Crippen LogP contribution in [0.4, 0.5) is 5.82 Å². The number of aromatic nitrogens is 3. The van der Waals surface area contributed by atoms with E-state index < -0.39 is 5.91 Å². The van der Waals surface area contributed by atoms with Gasteiger partial charge < -0.3 is 5.32 Å². The Balaban J connectivity index is 2.08. The smallest absolute Gasteiger partial charge is 0.277 e. The molecule has 0 atom stereocenters. The van der Waals surface area contributed by atoms with E-state index in [0.717, 1.165) is 5.56 Å². The number of benzene rings is 1. The van der Waals surface area contributed by atoms with Gasteiger partial charge >= 0.3 is 0 Å². The summed E-state index contributed by atoms with van der Waals surface area (Å²) in [6.07, 6.45) is 1.62. The van der Waals surface area contributed by atoms with Crippen molar-refractivity contribution < 1.29 is 4.79 Å². The van der Waals surface area contributed by atoms with Crippen LogP contribution in [-0.4, -0.2) is 20.7 Å². The number of pyridine rings is 1. The van der Waals surface area contributed by atoms with Crippen LogP contribution in [0.5, 0.6) is 0 Å². The normalized spacial score (nSPS) is 10.6. The maximum Gasteiger partial charge on any atom is 0.277 e. The van der Waals surface area contributed by atoms with Crippen LogP contribution in [0.15, 0.2) is 47.4 Å². The first-order valence-corrected chi connectivity index (χ1v) is 6.76. The molecule has 1 amide bonds. The van der Waals surface area contributed by atoms with E-state index in [0.29, 0.717) is 16.6 Å². The van der Waals surface area contributed by atoms with Crippen molar-refractivity contribution in [3.05, 3.63) is 64.2 Å². The van der Waals surface area contributed by atoms with E-state index in [1.807, 2.05) is 13.0 Å². The van der Waals surface area contributed by atoms with Crippen LogP contribution in [-0.2, 0) is 7.05 Å². The van der Waals surface area contributed by atoms with Crippen molar-refractivity contribution in [2.24, 2.45) is 7.05 Å². The number of anilines is 1. The number of amides is 1. The first-order valence-electron chi connectivity index (χ1n) is 6.76. The van der Waals surface area contributed by atoms with Crippen LogP contribution in [0.3, 0.4) is 0 Å². The molecule has 1 aromatic carbocycles. The van der Waals surface area contributed by atoms with Crippen LogP contribution in [0.25, 0.3) is 10.8 Å². The van der Waals surface area contributed by atoms with Crippen molar-refractivity contribution in [2.45, 2.75) is 6.92 Å². The lowest BCUT2D eigenvalue weighted by Gasteiger charge is -2.08. The molecule has 3 aromatic rings. The molecule has 110 valence electrons. The minimum atomic E-state index is -0.398. The Morgan fingerprint density at radius 1 is 1.18 bits per heavy atom.